The molecular formula is C31H25FN4O2S. The van der Waals surface area contributed by atoms with Crippen LogP contribution in [0.15, 0.2) is 108 Å². The quantitative estimate of drug-likeness (QED) is 0.153. The number of aryl methyl sites for hydroxylation is 1. The number of nitrogens with zero attached hydrogens (tertiary/aromatic N) is 2. The minimum atomic E-state index is -0.331. The summed E-state index contributed by atoms with van der Waals surface area (Å²) in [6.07, 6.45) is 1.53. The lowest BCUT2D eigenvalue weighted by Crippen LogP contribution is -2.17. The van der Waals surface area contributed by atoms with Crippen LogP contribution in [-0.4, -0.2) is 17.1 Å². The number of aromatic nitrogens is 1. The molecule has 0 bridgehead atoms. The van der Waals surface area contributed by atoms with Crippen molar-refractivity contribution in [3.8, 4) is 17.0 Å². The van der Waals surface area contributed by atoms with E-state index < -0.39 is 0 Å². The number of thiazole rings is 1. The second-order valence-corrected chi connectivity index (χ2v) is 9.62. The van der Waals surface area contributed by atoms with Crippen molar-refractivity contribution in [2.45, 2.75) is 13.5 Å². The zero-order valence-electron chi connectivity index (χ0n) is 21.1. The third kappa shape index (κ3) is 6.94. The summed E-state index contributed by atoms with van der Waals surface area (Å²) in [6.45, 7) is 2.34. The molecule has 0 unspecified atom stereocenters. The van der Waals surface area contributed by atoms with Crippen LogP contribution in [0, 0.1) is 12.7 Å². The van der Waals surface area contributed by atoms with E-state index in [0.717, 1.165) is 27.6 Å². The molecule has 0 aliphatic heterocycles. The first kappa shape index (κ1) is 25.8. The van der Waals surface area contributed by atoms with Gasteiger partial charge in [-0.2, -0.15) is 5.10 Å². The van der Waals surface area contributed by atoms with Gasteiger partial charge in [-0.1, -0.05) is 54.1 Å². The maximum atomic E-state index is 13.1. The summed E-state index contributed by atoms with van der Waals surface area (Å²) in [6, 6.07) is 28.8. The molecule has 0 aliphatic carbocycles. The smallest absolute Gasteiger partial charge is 0.271 e. The van der Waals surface area contributed by atoms with Crippen LogP contribution in [0.25, 0.3) is 11.3 Å². The molecule has 0 saturated heterocycles. The number of ether oxygens (including phenoxy) is 1. The number of halogens is 1. The fraction of sp³-hybridized carbons (Fsp3) is 0.0645. The number of para-hydroxylation sites is 1. The van der Waals surface area contributed by atoms with E-state index in [4.69, 9.17) is 4.74 Å². The number of carbonyl (C=O) groups excluding carboxylic acids is 1. The number of hydrogen-bond donors (Lipinski definition) is 2. The van der Waals surface area contributed by atoms with Crippen molar-refractivity contribution < 1.29 is 13.9 Å². The van der Waals surface area contributed by atoms with E-state index in [9.17, 15) is 9.18 Å². The van der Waals surface area contributed by atoms with Crippen LogP contribution in [0.5, 0.6) is 5.75 Å². The predicted octanol–water partition coefficient (Wildman–Crippen LogP) is 7.34. The van der Waals surface area contributed by atoms with Crippen molar-refractivity contribution in [2.75, 3.05) is 5.32 Å². The van der Waals surface area contributed by atoms with Gasteiger partial charge < -0.3 is 10.1 Å². The van der Waals surface area contributed by atoms with Gasteiger partial charge in [0, 0.05) is 27.8 Å². The number of hydrogen-bond acceptors (Lipinski definition) is 6. The number of nitrogens with one attached hydrogen (secondary N) is 2. The topological polar surface area (TPSA) is 75.6 Å². The van der Waals surface area contributed by atoms with Gasteiger partial charge in [-0.05, 0) is 61.0 Å². The minimum Gasteiger partial charge on any atom is -0.488 e. The van der Waals surface area contributed by atoms with Crippen molar-refractivity contribution in [1.29, 1.82) is 0 Å². The molecule has 5 rings (SSSR count). The Balaban J connectivity index is 1.17. The van der Waals surface area contributed by atoms with Crippen molar-refractivity contribution >= 4 is 34.3 Å². The molecule has 0 aliphatic rings. The second-order valence-electron chi connectivity index (χ2n) is 8.76. The summed E-state index contributed by atoms with van der Waals surface area (Å²) in [5.41, 5.74) is 8.51. The molecule has 1 aromatic heterocycles. The molecule has 2 N–H and O–H groups in total. The van der Waals surface area contributed by atoms with Gasteiger partial charge in [0.15, 0.2) is 5.13 Å². The summed E-state index contributed by atoms with van der Waals surface area (Å²) in [4.78, 5) is 17.3. The number of anilines is 2. The summed E-state index contributed by atoms with van der Waals surface area (Å²) < 4.78 is 19.0. The molecule has 0 atom stereocenters. The molecule has 0 radical (unpaired) electrons. The van der Waals surface area contributed by atoms with Crippen molar-refractivity contribution in [3.05, 3.63) is 131 Å². The lowest BCUT2D eigenvalue weighted by Gasteiger charge is -2.09. The van der Waals surface area contributed by atoms with Gasteiger partial charge >= 0.3 is 0 Å². The number of rotatable bonds is 9. The van der Waals surface area contributed by atoms with E-state index in [2.05, 4.69) is 27.8 Å². The SMILES string of the molecule is Cc1ccc(Nc2nc(-c3ccc(C(=O)N/N=C\c4ccccc4OCc4ccc(F)cc4)cc3)cs2)cc1. The molecule has 1 amide bonds. The highest BCUT2D eigenvalue weighted by molar-refractivity contribution is 7.14. The Hall–Kier alpha value is -4.82. The van der Waals surface area contributed by atoms with Gasteiger partial charge in [-0.15, -0.1) is 11.3 Å². The zero-order chi connectivity index (χ0) is 27.0. The lowest BCUT2D eigenvalue weighted by molar-refractivity contribution is 0.0955. The molecule has 39 heavy (non-hydrogen) atoms. The highest BCUT2D eigenvalue weighted by atomic mass is 32.1. The highest BCUT2D eigenvalue weighted by Gasteiger charge is 2.09. The van der Waals surface area contributed by atoms with Crippen LogP contribution in [-0.2, 0) is 6.61 Å². The van der Waals surface area contributed by atoms with Gasteiger partial charge in [0.1, 0.15) is 18.2 Å². The van der Waals surface area contributed by atoms with E-state index >= 15 is 0 Å². The van der Waals surface area contributed by atoms with Crippen LogP contribution in [0.2, 0.25) is 0 Å². The fourth-order valence-electron chi connectivity index (χ4n) is 3.70. The second kappa shape index (κ2) is 12.1. The van der Waals surface area contributed by atoms with Gasteiger partial charge in [0.05, 0.1) is 11.9 Å². The zero-order valence-corrected chi connectivity index (χ0v) is 21.9. The maximum Gasteiger partial charge on any atom is 0.271 e. The first-order valence-corrected chi connectivity index (χ1v) is 13.1. The highest BCUT2D eigenvalue weighted by Crippen LogP contribution is 2.27. The number of carbonyl (C=O) groups is 1. The number of amides is 1. The van der Waals surface area contributed by atoms with Crippen molar-refractivity contribution in [3.63, 3.8) is 0 Å². The van der Waals surface area contributed by atoms with E-state index in [1.165, 1.54) is 35.2 Å². The van der Waals surface area contributed by atoms with E-state index in [1.54, 1.807) is 24.3 Å². The number of benzene rings is 4. The normalized spacial score (nSPS) is 10.9. The Morgan fingerprint density at radius 2 is 1.72 bits per heavy atom. The van der Waals surface area contributed by atoms with Crippen LogP contribution < -0.4 is 15.5 Å². The largest absolute Gasteiger partial charge is 0.488 e. The third-order valence-corrected chi connectivity index (χ3v) is 6.60. The maximum absolute atomic E-state index is 13.1. The molecule has 8 heteroatoms. The van der Waals surface area contributed by atoms with Gasteiger partial charge in [-0.3, -0.25) is 4.79 Å². The standard InChI is InChI=1S/C31H25FN4O2S/c1-21-6-16-27(17-7-21)34-31-35-28(20-39-31)23-10-12-24(13-11-23)30(37)36-33-18-25-4-2-3-5-29(25)38-19-22-8-14-26(32)15-9-22/h2-18,20H,19H2,1H3,(H,34,35)(H,36,37)/b33-18-. The van der Waals surface area contributed by atoms with E-state index in [-0.39, 0.29) is 18.3 Å². The minimum absolute atomic E-state index is 0.284. The van der Waals surface area contributed by atoms with Gasteiger partial charge in [0.2, 0.25) is 0 Å². The lowest BCUT2D eigenvalue weighted by atomic mass is 10.1. The molecule has 6 nitrogen and oxygen atoms in total. The Labute approximate surface area is 229 Å². The summed E-state index contributed by atoms with van der Waals surface area (Å²) in [5, 5.41) is 10.2. The Morgan fingerprint density at radius 1 is 0.974 bits per heavy atom. The third-order valence-electron chi connectivity index (χ3n) is 5.85. The van der Waals surface area contributed by atoms with E-state index in [0.29, 0.717) is 16.9 Å². The van der Waals surface area contributed by atoms with Crippen LogP contribution in [0.3, 0.4) is 0 Å². The van der Waals surface area contributed by atoms with Crippen LogP contribution in [0.4, 0.5) is 15.2 Å². The number of hydrazone groups is 1. The van der Waals surface area contributed by atoms with Crippen molar-refractivity contribution in [2.24, 2.45) is 5.10 Å². The van der Waals surface area contributed by atoms with E-state index in [1.807, 2.05) is 66.0 Å². The molecular weight excluding hydrogens is 511 g/mol. The first-order valence-electron chi connectivity index (χ1n) is 12.2. The van der Waals surface area contributed by atoms with Gasteiger partial charge in [0.25, 0.3) is 5.91 Å². The molecule has 0 fully saturated rings. The first-order chi connectivity index (χ1) is 19.0. The van der Waals surface area contributed by atoms with Gasteiger partial charge in [-0.25, -0.2) is 14.8 Å². The average molecular weight is 537 g/mol. The molecule has 194 valence electrons. The molecule has 1 heterocycles. The molecule has 0 saturated carbocycles. The average Bonchev–Trinajstić information content (AvgIpc) is 3.43. The molecule has 0 spiro atoms. The Bertz CT molecular complexity index is 1580. The molecule has 5 aromatic rings. The summed E-state index contributed by atoms with van der Waals surface area (Å²) in [7, 11) is 0. The molecule has 4 aromatic carbocycles. The van der Waals surface area contributed by atoms with Crippen molar-refractivity contribution in [1.82, 2.24) is 10.4 Å². The summed E-state index contributed by atoms with van der Waals surface area (Å²) in [5.74, 6) is -0.0219. The fourth-order valence-corrected chi connectivity index (χ4v) is 4.44. The van der Waals surface area contributed by atoms with Crippen LogP contribution in [0.1, 0.15) is 27.0 Å². The Kier molecular flexibility index (Phi) is 8.04. The van der Waals surface area contributed by atoms with Crippen LogP contribution >= 0.6 is 11.3 Å². The predicted molar refractivity (Wildman–Crippen MR) is 154 cm³/mol. The Morgan fingerprint density at radius 3 is 2.49 bits per heavy atom. The monoisotopic (exact) mass is 536 g/mol. The summed E-state index contributed by atoms with van der Waals surface area (Å²) >= 11 is 1.52.